The Balaban J connectivity index is 2.52. The molecule has 2 rings (SSSR count). The molecule has 0 aliphatic heterocycles. The molecule has 0 unspecified atom stereocenters. The number of carbonyl (C=O) groups is 2. The van der Waals surface area contributed by atoms with E-state index < -0.39 is 5.41 Å². The Morgan fingerprint density at radius 1 is 1.00 bits per heavy atom. The minimum absolute atomic E-state index is 0.233. The molecule has 0 bridgehead atoms. The van der Waals surface area contributed by atoms with Crippen molar-refractivity contribution in [1.82, 2.24) is 0 Å². The smallest absolute Gasteiger partial charge is 0.316 e. The fraction of sp³-hybridized carbons (Fsp3) is 0.273. The standard InChI is InChI=1S/C22H25NO3/c1-15(2)20(24)23(6)18-14-17(16-10-8-7-9-11-16)12-13-19(18)26-21(25)22(3,4)5/h7-14H,1H2,2-6H3. The van der Waals surface area contributed by atoms with Crippen molar-refractivity contribution in [2.24, 2.45) is 5.41 Å². The van der Waals surface area contributed by atoms with Crippen molar-refractivity contribution in [3.63, 3.8) is 0 Å². The van der Waals surface area contributed by atoms with Gasteiger partial charge in [0.15, 0.2) is 5.75 Å². The highest BCUT2D eigenvalue weighted by atomic mass is 16.5. The van der Waals surface area contributed by atoms with E-state index in [1.54, 1.807) is 40.8 Å². The summed E-state index contributed by atoms with van der Waals surface area (Å²) in [4.78, 5) is 26.2. The van der Waals surface area contributed by atoms with Gasteiger partial charge < -0.3 is 9.64 Å². The van der Waals surface area contributed by atoms with Gasteiger partial charge in [-0.1, -0.05) is 43.0 Å². The van der Waals surface area contributed by atoms with Gasteiger partial charge in [0.05, 0.1) is 11.1 Å². The minimum Gasteiger partial charge on any atom is -0.424 e. The van der Waals surface area contributed by atoms with Crippen molar-refractivity contribution in [2.75, 3.05) is 11.9 Å². The van der Waals surface area contributed by atoms with Crippen LogP contribution in [0.15, 0.2) is 60.7 Å². The number of benzene rings is 2. The molecule has 0 radical (unpaired) electrons. The van der Waals surface area contributed by atoms with E-state index in [9.17, 15) is 9.59 Å². The average molecular weight is 351 g/mol. The first-order valence-corrected chi connectivity index (χ1v) is 8.46. The normalized spacial score (nSPS) is 11.0. The van der Waals surface area contributed by atoms with Crippen LogP contribution in [0.1, 0.15) is 27.7 Å². The van der Waals surface area contributed by atoms with Crippen LogP contribution in [0.25, 0.3) is 11.1 Å². The molecule has 2 aromatic rings. The third-order valence-corrected chi connectivity index (χ3v) is 3.91. The quantitative estimate of drug-likeness (QED) is 0.450. The number of ether oxygens (including phenoxy) is 1. The molecule has 0 fully saturated rings. The molecule has 2 aromatic carbocycles. The van der Waals surface area contributed by atoms with Gasteiger partial charge in [-0.3, -0.25) is 9.59 Å². The van der Waals surface area contributed by atoms with E-state index in [2.05, 4.69) is 6.58 Å². The third kappa shape index (κ3) is 4.39. The van der Waals surface area contributed by atoms with Crippen molar-refractivity contribution < 1.29 is 14.3 Å². The Morgan fingerprint density at radius 2 is 1.62 bits per heavy atom. The molecular weight excluding hydrogens is 326 g/mol. The predicted octanol–water partition coefficient (Wildman–Crippen LogP) is 4.84. The van der Waals surface area contributed by atoms with Gasteiger partial charge in [0.2, 0.25) is 0 Å². The molecule has 0 aliphatic rings. The van der Waals surface area contributed by atoms with Gasteiger partial charge in [0, 0.05) is 12.6 Å². The summed E-state index contributed by atoms with van der Waals surface area (Å²) in [5, 5.41) is 0. The third-order valence-electron chi connectivity index (χ3n) is 3.91. The Morgan fingerprint density at radius 3 is 2.15 bits per heavy atom. The van der Waals surface area contributed by atoms with Gasteiger partial charge >= 0.3 is 5.97 Å². The largest absolute Gasteiger partial charge is 0.424 e. The second kappa shape index (κ2) is 7.56. The van der Waals surface area contributed by atoms with E-state index in [1.165, 1.54) is 4.90 Å². The Bertz CT molecular complexity index is 832. The molecule has 0 N–H and O–H groups in total. The number of carbonyl (C=O) groups excluding carboxylic acids is 2. The van der Waals surface area contributed by atoms with E-state index >= 15 is 0 Å². The second-order valence-electron chi connectivity index (χ2n) is 7.33. The topological polar surface area (TPSA) is 46.6 Å². The first-order valence-electron chi connectivity index (χ1n) is 8.46. The number of hydrogen-bond acceptors (Lipinski definition) is 3. The molecule has 0 saturated carbocycles. The number of amides is 1. The maximum atomic E-state index is 12.4. The van der Waals surface area contributed by atoms with Crippen LogP contribution in [0.2, 0.25) is 0 Å². The molecule has 136 valence electrons. The van der Waals surface area contributed by atoms with Crippen molar-refractivity contribution >= 4 is 17.6 Å². The maximum Gasteiger partial charge on any atom is 0.316 e. The first-order chi connectivity index (χ1) is 12.1. The van der Waals surface area contributed by atoms with Crippen molar-refractivity contribution in [3.05, 3.63) is 60.7 Å². The summed E-state index contributed by atoms with van der Waals surface area (Å²) >= 11 is 0. The molecule has 4 nitrogen and oxygen atoms in total. The maximum absolute atomic E-state index is 12.4. The zero-order valence-electron chi connectivity index (χ0n) is 16.0. The van der Waals surface area contributed by atoms with Gasteiger partial charge in [-0.05, 0) is 51.0 Å². The monoisotopic (exact) mass is 351 g/mol. The summed E-state index contributed by atoms with van der Waals surface area (Å²) in [6, 6.07) is 15.3. The van der Waals surface area contributed by atoms with E-state index in [0.717, 1.165) is 11.1 Å². The fourth-order valence-electron chi connectivity index (χ4n) is 2.32. The van der Waals surface area contributed by atoms with Gasteiger partial charge in [0.1, 0.15) is 0 Å². The lowest BCUT2D eigenvalue weighted by molar-refractivity contribution is -0.143. The van der Waals surface area contributed by atoms with E-state index in [-0.39, 0.29) is 11.9 Å². The van der Waals surface area contributed by atoms with Gasteiger partial charge in [0.25, 0.3) is 5.91 Å². The number of anilines is 1. The van der Waals surface area contributed by atoms with Gasteiger partial charge in [-0.2, -0.15) is 0 Å². The molecule has 4 heteroatoms. The molecule has 26 heavy (non-hydrogen) atoms. The SMILES string of the molecule is C=C(C)C(=O)N(C)c1cc(-c2ccccc2)ccc1OC(=O)C(C)(C)C. The molecule has 0 heterocycles. The van der Waals surface area contributed by atoms with E-state index in [1.807, 2.05) is 42.5 Å². The fourth-order valence-corrected chi connectivity index (χ4v) is 2.32. The zero-order valence-corrected chi connectivity index (χ0v) is 16.0. The highest BCUT2D eigenvalue weighted by molar-refractivity contribution is 6.05. The van der Waals surface area contributed by atoms with Crippen LogP contribution in [0.4, 0.5) is 5.69 Å². The van der Waals surface area contributed by atoms with Crippen molar-refractivity contribution in [2.45, 2.75) is 27.7 Å². The lowest BCUT2D eigenvalue weighted by Gasteiger charge is -2.23. The summed E-state index contributed by atoms with van der Waals surface area (Å²) < 4.78 is 5.59. The summed E-state index contributed by atoms with van der Waals surface area (Å²) in [5.41, 5.74) is 2.23. The van der Waals surface area contributed by atoms with Crippen LogP contribution in [0.5, 0.6) is 5.75 Å². The molecule has 0 atom stereocenters. The Kier molecular flexibility index (Phi) is 5.66. The lowest BCUT2D eigenvalue weighted by atomic mass is 9.97. The average Bonchev–Trinajstić information content (AvgIpc) is 2.60. The highest BCUT2D eigenvalue weighted by Crippen LogP contribution is 2.35. The number of hydrogen-bond donors (Lipinski definition) is 0. The van der Waals surface area contributed by atoms with Crippen LogP contribution in [-0.4, -0.2) is 18.9 Å². The van der Waals surface area contributed by atoms with E-state index in [4.69, 9.17) is 4.74 Å². The molecule has 0 aromatic heterocycles. The molecule has 0 aliphatic carbocycles. The number of esters is 1. The van der Waals surface area contributed by atoms with Crippen molar-refractivity contribution in [3.8, 4) is 16.9 Å². The van der Waals surface area contributed by atoms with E-state index in [0.29, 0.717) is 17.0 Å². The molecule has 0 spiro atoms. The molecule has 1 amide bonds. The summed E-state index contributed by atoms with van der Waals surface area (Å²) in [5.74, 6) is -0.243. The molecule has 0 saturated heterocycles. The van der Waals surface area contributed by atoms with Crippen LogP contribution < -0.4 is 9.64 Å². The summed E-state index contributed by atoms with van der Waals surface area (Å²) in [7, 11) is 1.65. The highest BCUT2D eigenvalue weighted by Gasteiger charge is 2.26. The Hall–Kier alpha value is -2.88. The van der Waals surface area contributed by atoms with Crippen molar-refractivity contribution in [1.29, 1.82) is 0 Å². The Labute approximate surface area is 155 Å². The van der Waals surface area contributed by atoms with Crippen LogP contribution >= 0.6 is 0 Å². The van der Waals surface area contributed by atoms with Crippen LogP contribution in [0, 0.1) is 5.41 Å². The zero-order chi connectivity index (χ0) is 19.5. The predicted molar refractivity (Wildman–Crippen MR) is 105 cm³/mol. The number of likely N-dealkylation sites (N-methyl/N-ethyl adjacent to an activating group) is 1. The molecular formula is C22H25NO3. The second-order valence-corrected chi connectivity index (χ2v) is 7.33. The minimum atomic E-state index is -0.647. The first kappa shape index (κ1) is 19.4. The summed E-state index contributed by atoms with van der Waals surface area (Å²) in [6.45, 7) is 10.7. The van der Waals surface area contributed by atoms with Gasteiger partial charge in [-0.15, -0.1) is 0 Å². The number of nitrogens with zero attached hydrogens (tertiary/aromatic N) is 1. The van der Waals surface area contributed by atoms with Crippen LogP contribution in [0.3, 0.4) is 0 Å². The van der Waals surface area contributed by atoms with Crippen LogP contribution in [-0.2, 0) is 9.59 Å². The number of rotatable bonds is 4. The summed E-state index contributed by atoms with van der Waals surface area (Å²) in [6.07, 6.45) is 0. The van der Waals surface area contributed by atoms with Gasteiger partial charge in [-0.25, -0.2) is 0 Å². The lowest BCUT2D eigenvalue weighted by Crippen LogP contribution is -2.29.